The Balaban J connectivity index is 2.34. The number of anilines is 1. The monoisotopic (exact) mass is 239 g/mol. The van der Waals surface area contributed by atoms with Crippen molar-refractivity contribution in [3.05, 3.63) is 23.5 Å². The summed E-state index contributed by atoms with van der Waals surface area (Å²) in [6, 6.07) is 2.98. The average molecular weight is 239 g/mol. The van der Waals surface area contributed by atoms with Gasteiger partial charge in [-0.3, -0.25) is 0 Å². The number of benzene rings is 1. The topological polar surface area (TPSA) is 35.2 Å². The largest absolute Gasteiger partial charge is 0.491 e. The van der Waals surface area contributed by atoms with Crippen LogP contribution in [0.3, 0.4) is 0 Å². The highest BCUT2D eigenvalue weighted by molar-refractivity contribution is 5.50. The van der Waals surface area contributed by atoms with Crippen LogP contribution in [0.15, 0.2) is 12.1 Å². The van der Waals surface area contributed by atoms with Gasteiger partial charge in [-0.15, -0.1) is 0 Å². The maximum atomic E-state index is 13.5. The predicted molar refractivity (Wildman–Crippen MR) is 69.8 cm³/mol. The van der Waals surface area contributed by atoms with Gasteiger partial charge in [0.1, 0.15) is 0 Å². The van der Waals surface area contributed by atoms with E-state index in [1.54, 1.807) is 6.07 Å². The Hall–Kier alpha value is -1.25. The van der Waals surface area contributed by atoms with Crippen molar-refractivity contribution in [2.45, 2.75) is 46.0 Å². The smallest absolute Gasteiger partial charge is 0.167 e. The molecule has 1 aromatic rings. The van der Waals surface area contributed by atoms with Gasteiger partial charge in [-0.2, -0.15) is 0 Å². The van der Waals surface area contributed by atoms with Gasteiger partial charge in [0.25, 0.3) is 0 Å². The maximum absolute atomic E-state index is 13.5. The van der Waals surface area contributed by atoms with Crippen LogP contribution in [-0.2, 0) is 0 Å². The normalized spacial score (nSPS) is 10.5. The van der Waals surface area contributed by atoms with Crippen molar-refractivity contribution in [3.63, 3.8) is 0 Å². The molecule has 0 saturated carbocycles. The van der Waals surface area contributed by atoms with Crippen molar-refractivity contribution in [1.82, 2.24) is 0 Å². The van der Waals surface area contributed by atoms with Crippen LogP contribution in [0.1, 0.15) is 44.6 Å². The van der Waals surface area contributed by atoms with Gasteiger partial charge in [-0.25, -0.2) is 4.39 Å². The molecular weight excluding hydrogens is 217 g/mol. The molecule has 0 saturated heterocycles. The molecule has 0 spiro atoms. The van der Waals surface area contributed by atoms with E-state index in [9.17, 15) is 4.39 Å². The van der Waals surface area contributed by atoms with E-state index in [-0.39, 0.29) is 5.82 Å². The van der Waals surface area contributed by atoms with Crippen molar-refractivity contribution in [2.24, 2.45) is 0 Å². The lowest BCUT2D eigenvalue weighted by Gasteiger charge is -2.09. The van der Waals surface area contributed by atoms with E-state index in [0.29, 0.717) is 18.0 Å². The molecule has 2 nitrogen and oxygen atoms in total. The molecule has 0 bridgehead atoms. The summed E-state index contributed by atoms with van der Waals surface area (Å²) >= 11 is 0. The lowest BCUT2D eigenvalue weighted by Crippen LogP contribution is -2.01. The molecule has 0 heterocycles. The van der Waals surface area contributed by atoms with E-state index in [1.165, 1.54) is 25.3 Å². The number of halogens is 1. The fourth-order valence-corrected chi connectivity index (χ4v) is 1.67. The number of hydrogen-bond donors (Lipinski definition) is 1. The van der Waals surface area contributed by atoms with Gasteiger partial charge in [-0.1, -0.05) is 32.6 Å². The van der Waals surface area contributed by atoms with Crippen molar-refractivity contribution >= 4 is 5.69 Å². The number of nitrogen functional groups attached to an aromatic ring is 1. The molecule has 0 aliphatic carbocycles. The summed E-state index contributed by atoms with van der Waals surface area (Å²) in [6.45, 7) is 4.61. The van der Waals surface area contributed by atoms with Crippen LogP contribution in [0, 0.1) is 12.7 Å². The van der Waals surface area contributed by atoms with E-state index >= 15 is 0 Å². The fourth-order valence-electron chi connectivity index (χ4n) is 1.67. The molecule has 0 aromatic heterocycles. The number of ether oxygens (including phenoxy) is 1. The zero-order chi connectivity index (χ0) is 12.7. The lowest BCUT2D eigenvalue weighted by molar-refractivity contribution is 0.290. The Kier molecular flexibility index (Phi) is 5.81. The maximum Gasteiger partial charge on any atom is 0.167 e. The predicted octanol–water partition coefficient (Wildman–Crippen LogP) is 4.07. The van der Waals surface area contributed by atoms with E-state index in [4.69, 9.17) is 10.5 Å². The molecule has 0 radical (unpaired) electrons. The van der Waals surface area contributed by atoms with Gasteiger partial charge >= 0.3 is 0 Å². The molecule has 17 heavy (non-hydrogen) atoms. The number of aryl methyl sites for hydroxylation is 1. The standard InChI is InChI=1S/C14H22FNO/c1-3-4-5-6-7-8-17-14-9-11(2)13(16)10-12(14)15/h9-10H,3-8,16H2,1-2H3. The Morgan fingerprint density at radius 3 is 2.59 bits per heavy atom. The summed E-state index contributed by atoms with van der Waals surface area (Å²) in [6.07, 6.45) is 5.83. The van der Waals surface area contributed by atoms with Crippen LogP contribution < -0.4 is 10.5 Å². The minimum absolute atomic E-state index is 0.312. The SMILES string of the molecule is CCCCCCCOc1cc(C)c(N)cc1F. The molecule has 0 aliphatic rings. The Labute approximate surface area is 103 Å². The second-order valence-electron chi connectivity index (χ2n) is 4.40. The Bertz CT molecular complexity index is 352. The molecule has 0 fully saturated rings. The van der Waals surface area contributed by atoms with Gasteiger partial charge in [0.05, 0.1) is 6.61 Å². The molecule has 0 atom stereocenters. The molecular formula is C14H22FNO. The zero-order valence-electron chi connectivity index (χ0n) is 10.8. The average Bonchev–Trinajstić information content (AvgIpc) is 2.30. The highest BCUT2D eigenvalue weighted by Crippen LogP contribution is 2.23. The second kappa shape index (κ2) is 7.15. The van der Waals surface area contributed by atoms with Crippen LogP contribution in [0.2, 0.25) is 0 Å². The van der Waals surface area contributed by atoms with Crippen LogP contribution >= 0.6 is 0 Å². The molecule has 1 rings (SSSR count). The van der Waals surface area contributed by atoms with E-state index in [2.05, 4.69) is 6.92 Å². The minimum atomic E-state index is -0.373. The van der Waals surface area contributed by atoms with Crippen molar-refractivity contribution < 1.29 is 9.13 Å². The molecule has 1 aromatic carbocycles. The summed E-state index contributed by atoms with van der Waals surface area (Å²) in [5, 5.41) is 0. The Morgan fingerprint density at radius 2 is 1.88 bits per heavy atom. The number of nitrogens with two attached hydrogens (primary N) is 1. The highest BCUT2D eigenvalue weighted by atomic mass is 19.1. The third kappa shape index (κ3) is 4.63. The van der Waals surface area contributed by atoms with Crippen LogP contribution in [-0.4, -0.2) is 6.61 Å². The van der Waals surface area contributed by atoms with Crippen molar-refractivity contribution in [1.29, 1.82) is 0 Å². The number of unbranched alkanes of at least 4 members (excludes halogenated alkanes) is 4. The lowest BCUT2D eigenvalue weighted by atomic mass is 10.1. The quantitative estimate of drug-likeness (QED) is 0.575. The first-order valence-corrected chi connectivity index (χ1v) is 6.33. The molecule has 3 heteroatoms. The number of rotatable bonds is 7. The molecule has 0 aliphatic heterocycles. The summed E-state index contributed by atoms with van der Waals surface area (Å²) < 4.78 is 18.9. The Morgan fingerprint density at radius 1 is 1.18 bits per heavy atom. The zero-order valence-corrected chi connectivity index (χ0v) is 10.8. The van der Waals surface area contributed by atoms with E-state index < -0.39 is 0 Å². The molecule has 2 N–H and O–H groups in total. The summed E-state index contributed by atoms with van der Waals surface area (Å²) in [4.78, 5) is 0. The van der Waals surface area contributed by atoms with E-state index in [1.807, 2.05) is 6.92 Å². The van der Waals surface area contributed by atoms with Crippen LogP contribution in [0.25, 0.3) is 0 Å². The molecule has 96 valence electrons. The molecule has 0 amide bonds. The van der Waals surface area contributed by atoms with Crippen LogP contribution in [0.5, 0.6) is 5.75 Å². The first-order valence-electron chi connectivity index (χ1n) is 6.33. The van der Waals surface area contributed by atoms with Gasteiger partial charge in [0, 0.05) is 11.8 Å². The van der Waals surface area contributed by atoms with Gasteiger partial charge < -0.3 is 10.5 Å². The van der Waals surface area contributed by atoms with Gasteiger partial charge in [0.15, 0.2) is 11.6 Å². The third-order valence-corrected chi connectivity index (χ3v) is 2.83. The van der Waals surface area contributed by atoms with E-state index in [0.717, 1.165) is 18.4 Å². The fraction of sp³-hybridized carbons (Fsp3) is 0.571. The summed E-state index contributed by atoms with van der Waals surface area (Å²) in [7, 11) is 0. The molecule has 0 unspecified atom stereocenters. The van der Waals surface area contributed by atoms with Gasteiger partial charge in [0.2, 0.25) is 0 Å². The third-order valence-electron chi connectivity index (χ3n) is 2.83. The first-order chi connectivity index (χ1) is 8.15. The highest BCUT2D eigenvalue weighted by Gasteiger charge is 2.06. The second-order valence-corrected chi connectivity index (χ2v) is 4.40. The summed E-state index contributed by atoms with van der Waals surface area (Å²) in [5.41, 5.74) is 6.93. The van der Waals surface area contributed by atoms with Crippen molar-refractivity contribution in [3.8, 4) is 5.75 Å². The first kappa shape index (κ1) is 13.8. The van der Waals surface area contributed by atoms with Crippen LogP contribution in [0.4, 0.5) is 10.1 Å². The summed E-state index contributed by atoms with van der Waals surface area (Å²) in [5.74, 6) is -0.0613. The van der Waals surface area contributed by atoms with Gasteiger partial charge in [-0.05, 0) is 25.0 Å². The van der Waals surface area contributed by atoms with Crippen molar-refractivity contribution in [2.75, 3.05) is 12.3 Å². The number of hydrogen-bond acceptors (Lipinski definition) is 2. The minimum Gasteiger partial charge on any atom is -0.491 e.